The fourth-order valence-electron chi connectivity index (χ4n) is 0.877. The van der Waals surface area contributed by atoms with Crippen LogP contribution in [0.1, 0.15) is 17.4 Å². The number of aliphatic hydroxyl groups excluding tert-OH is 1. The normalized spacial score (nSPS) is 12.5. The lowest BCUT2D eigenvalue weighted by atomic mass is 10.2. The van der Waals surface area contributed by atoms with Crippen LogP contribution in [-0.4, -0.2) is 18.2 Å². The third kappa shape index (κ3) is 2.69. The number of methoxy groups -OCH3 is 1. The van der Waals surface area contributed by atoms with Crippen molar-refractivity contribution in [2.24, 2.45) is 0 Å². The SMILES string of the molecule is COC(=O)C[C@H](O)c1sccc1Cl. The highest BCUT2D eigenvalue weighted by Gasteiger charge is 2.16. The number of halogens is 1. The van der Waals surface area contributed by atoms with Crippen LogP contribution in [0.3, 0.4) is 0 Å². The minimum absolute atomic E-state index is 0.0588. The zero-order valence-corrected chi connectivity index (χ0v) is 8.56. The number of esters is 1. The zero-order valence-electron chi connectivity index (χ0n) is 6.99. The second-order valence-corrected chi connectivity index (χ2v) is 3.78. The Morgan fingerprint density at radius 1 is 1.85 bits per heavy atom. The molecule has 72 valence electrons. The summed E-state index contributed by atoms with van der Waals surface area (Å²) in [4.78, 5) is 11.4. The molecule has 0 radical (unpaired) electrons. The van der Waals surface area contributed by atoms with Gasteiger partial charge in [-0.25, -0.2) is 0 Å². The molecule has 0 unspecified atom stereocenters. The maximum atomic E-state index is 10.8. The van der Waals surface area contributed by atoms with Gasteiger partial charge in [-0.1, -0.05) is 11.6 Å². The Morgan fingerprint density at radius 3 is 3.00 bits per heavy atom. The Balaban J connectivity index is 2.63. The van der Waals surface area contributed by atoms with Crippen LogP contribution in [0.2, 0.25) is 5.02 Å². The van der Waals surface area contributed by atoms with Gasteiger partial charge in [0.15, 0.2) is 0 Å². The van der Waals surface area contributed by atoms with Crippen molar-refractivity contribution in [3.05, 3.63) is 21.3 Å². The molecule has 0 aliphatic heterocycles. The lowest BCUT2D eigenvalue weighted by Gasteiger charge is -2.06. The molecule has 3 nitrogen and oxygen atoms in total. The molecule has 0 aliphatic rings. The third-order valence-electron chi connectivity index (χ3n) is 1.54. The zero-order chi connectivity index (χ0) is 9.84. The highest BCUT2D eigenvalue weighted by molar-refractivity contribution is 7.10. The van der Waals surface area contributed by atoms with E-state index >= 15 is 0 Å². The van der Waals surface area contributed by atoms with E-state index in [1.807, 2.05) is 0 Å². The first-order valence-corrected chi connectivity index (χ1v) is 4.88. The fourth-order valence-corrected chi connectivity index (χ4v) is 2.05. The summed E-state index contributed by atoms with van der Waals surface area (Å²) in [5.74, 6) is -0.447. The molecule has 1 aromatic heterocycles. The summed E-state index contributed by atoms with van der Waals surface area (Å²) < 4.78 is 4.42. The maximum Gasteiger partial charge on any atom is 0.308 e. The number of thiophene rings is 1. The summed E-state index contributed by atoms with van der Waals surface area (Å²) in [7, 11) is 1.28. The summed E-state index contributed by atoms with van der Waals surface area (Å²) >= 11 is 7.08. The van der Waals surface area contributed by atoms with Gasteiger partial charge >= 0.3 is 5.97 Å². The molecule has 0 aromatic carbocycles. The predicted molar refractivity (Wildman–Crippen MR) is 50.9 cm³/mol. The Bertz CT molecular complexity index is 297. The molecule has 0 amide bonds. The van der Waals surface area contributed by atoms with Gasteiger partial charge in [0.25, 0.3) is 0 Å². The Kier molecular flexibility index (Phi) is 3.71. The average Bonchev–Trinajstić information content (AvgIpc) is 2.51. The quantitative estimate of drug-likeness (QED) is 0.793. The molecule has 0 spiro atoms. The van der Waals surface area contributed by atoms with E-state index in [2.05, 4.69) is 4.74 Å². The van der Waals surface area contributed by atoms with Gasteiger partial charge in [-0.3, -0.25) is 4.79 Å². The second-order valence-electron chi connectivity index (χ2n) is 2.43. The molecule has 0 bridgehead atoms. The number of carbonyl (C=O) groups excluding carboxylic acids is 1. The monoisotopic (exact) mass is 220 g/mol. The molecule has 5 heteroatoms. The summed E-state index contributed by atoms with van der Waals surface area (Å²) in [5, 5.41) is 11.8. The topological polar surface area (TPSA) is 46.5 Å². The highest BCUT2D eigenvalue weighted by Crippen LogP contribution is 2.30. The Morgan fingerprint density at radius 2 is 2.54 bits per heavy atom. The van der Waals surface area contributed by atoms with Crippen LogP contribution in [0.25, 0.3) is 0 Å². The van der Waals surface area contributed by atoms with Gasteiger partial charge in [0.1, 0.15) is 6.10 Å². The summed E-state index contributed by atoms with van der Waals surface area (Å²) in [6.45, 7) is 0. The van der Waals surface area contributed by atoms with Crippen molar-refractivity contribution in [3.8, 4) is 0 Å². The standard InChI is InChI=1S/C8H9ClO3S/c1-12-7(11)4-6(10)8-5(9)2-3-13-8/h2-3,6,10H,4H2,1H3/t6-/m0/s1. The lowest BCUT2D eigenvalue weighted by molar-refractivity contribution is -0.142. The van der Waals surface area contributed by atoms with Crippen molar-refractivity contribution >= 4 is 28.9 Å². The summed E-state index contributed by atoms with van der Waals surface area (Å²) in [5.41, 5.74) is 0. The molecule has 1 rings (SSSR count). The van der Waals surface area contributed by atoms with Gasteiger partial charge in [-0.2, -0.15) is 0 Å². The molecule has 13 heavy (non-hydrogen) atoms. The van der Waals surface area contributed by atoms with E-state index in [4.69, 9.17) is 11.6 Å². The number of hydrogen-bond donors (Lipinski definition) is 1. The van der Waals surface area contributed by atoms with Crippen LogP contribution < -0.4 is 0 Å². The molecular weight excluding hydrogens is 212 g/mol. The first kappa shape index (κ1) is 10.5. The van der Waals surface area contributed by atoms with E-state index in [0.717, 1.165) is 0 Å². The highest BCUT2D eigenvalue weighted by atomic mass is 35.5. The lowest BCUT2D eigenvalue weighted by Crippen LogP contribution is -2.07. The van der Waals surface area contributed by atoms with Crippen LogP contribution in [0.4, 0.5) is 0 Å². The average molecular weight is 221 g/mol. The molecule has 1 aromatic rings. The van der Waals surface area contributed by atoms with Crippen LogP contribution in [0.15, 0.2) is 11.4 Å². The maximum absolute atomic E-state index is 10.8. The molecule has 0 saturated carbocycles. The van der Waals surface area contributed by atoms with Gasteiger partial charge < -0.3 is 9.84 Å². The molecular formula is C8H9ClO3S. The van der Waals surface area contributed by atoms with Crippen molar-refractivity contribution < 1.29 is 14.6 Å². The number of carbonyl (C=O) groups is 1. The largest absolute Gasteiger partial charge is 0.469 e. The van der Waals surface area contributed by atoms with E-state index in [1.54, 1.807) is 11.4 Å². The smallest absolute Gasteiger partial charge is 0.308 e. The van der Waals surface area contributed by atoms with E-state index in [-0.39, 0.29) is 6.42 Å². The van der Waals surface area contributed by atoms with Crippen LogP contribution >= 0.6 is 22.9 Å². The molecule has 1 heterocycles. The molecule has 0 saturated heterocycles. The minimum atomic E-state index is -0.861. The van der Waals surface area contributed by atoms with E-state index < -0.39 is 12.1 Å². The summed E-state index contributed by atoms with van der Waals surface area (Å²) in [6, 6.07) is 1.68. The van der Waals surface area contributed by atoms with Gasteiger partial charge in [-0.05, 0) is 11.4 Å². The third-order valence-corrected chi connectivity index (χ3v) is 2.99. The minimum Gasteiger partial charge on any atom is -0.469 e. The van der Waals surface area contributed by atoms with Crippen LogP contribution in [-0.2, 0) is 9.53 Å². The first-order valence-electron chi connectivity index (χ1n) is 3.63. The van der Waals surface area contributed by atoms with E-state index in [0.29, 0.717) is 9.90 Å². The summed E-state index contributed by atoms with van der Waals surface area (Å²) in [6.07, 6.45) is -0.920. The van der Waals surface area contributed by atoms with Gasteiger partial charge in [0, 0.05) is 0 Å². The Hall–Kier alpha value is -0.580. The van der Waals surface area contributed by atoms with Gasteiger partial charge in [0.2, 0.25) is 0 Å². The predicted octanol–water partition coefficient (Wildman–Crippen LogP) is 2.00. The van der Waals surface area contributed by atoms with Crippen molar-refractivity contribution in [3.63, 3.8) is 0 Å². The fraction of sp³-hybridized carbons (Fsp3) is 0.375. The molecule has 1 N–H and O–H groups in total. The Labute approximate surface area is 84.9 Å². The number of rotatable bonds is 3. The molecule has 0 fully saturated rings. The molecule has 1 atom stereocenters. The van der Waals surface area contributed by atoms with Crippen molar-refractivity contribution in [2.45, 2.75) is 12.5 Å². The van der Waals surface area contributed by atoms with Crippen molar-refractivity contribution in [1.82, 2.24) is 0 Å². The first-order chi connectivity index (χ1) is 6.15. The van der Waals surface area contributed by atoms with Gasteiger partial charge in [0.05, 0.1) is 23.4 Å². The van der Waals surface area contributed by atoms with Crippen molar-refractivity contribution in [2.75, 3.05) is 7.11 Å². The van der Waals surface area contributed by atoms with Gasteiger partial charge in [-0.15, -0.1) is 11.3 Å². The second kappa shape index (κ2) is 4.60. The number of ether oxygens (including phenoxy) is 1. The van der Waals surface area contributed by atoms with Crippen LogP contribution in [0.5, 0.6) is 0 Å². The van der Waals surface area contributed by atoms with E-state index in [9.17, 15) is 9.90 Å². The van der Waals surface area contributed by atoms with Crippen LogP contribution in [0, 0.1) is 0 Å². The van der Waals surface area contributed by atoms with Crippen molar-refractivity contribution in [1.29, 1.82) is 0 Å². The number of aliphatic hydroxyl groups is 1. The molecule has 0 aliphatic carbocycles. The van der Waals surface area contributed by atoms with E-state index in [1.165, 1.54) is 18.4 Å². The number of hydrogen-bond acceptors (Lipinski definition) is 4.